The van der Waals surface area contributed by atoms with Gasteiger partial charge < -0.3 is 27.9 Å². The Balaban J connectivity index is 0.923. The van der Waals surface area contributed by atoms with Crippen molar-refractivity contribution in [2.45, 2.75) is 42.5 Å². The van der Waals surface area contributed by atoms with Crippen LogP contribution < -0.4 is 0 Å². The van der Waals surface area contributed by atoms with E-state index in [-0.39, 0.29) is 0 Å². The van der Waals surface area contributed by atoms with Crippen molar-refractivity contribution in [1.82, 2.24) is 0 Å². The van der Waals surface area contributed by atoms with Gasteiger partial charge in [0.15, 0.2) is 0 Å². The van der Waals surface area contributed by atoms with Gasteiger partial charge in [-0.25, -0.2) is 0 Å². The quantitative estimate of drug-likeness (QED) is 0.0781. The second-order valence-electron chi connectivity index (χ2n) is 13.8. The number of hydrogen-bond donors (Lipinski definition) is 0. The van der Waals surface area contributed by atoms with Crippen LogP contribution in [0.15, 0.2) is 182 Å². The zero-order valence-corrected chi connectivity index (χ0v) is 30.4. The molecule has 6 aromatic carbocycles. The van der Waals surface area contributed by atoms with Crippen LogP contribution in [0.1, 0.15) is 59.1 Å². The maximum Gasteiger partial charge on any atom is 0.641 e. The lowest BCUT2D eigenvalue weighted by Crippen LogP contribution is -2.48. The van der Waals surface area contributed by atoms with Crippen molar-refractivity contribution in [3.8, 4) is 0 Å². The molecule has 2 saturated heterocycles. The van der Waals surface area contributed by atoms with Crippen LogP contribution >= 0.6 is 0 Å². The van der Waals surface area contributed by atoms with Gasteiger partial charge in [0.25, 0.3) is 0 Å². The number of rotatable bonds is 15. The average Bonchev–Trinajstić information content (AvgIpc) is 3.86. The minimum Gasteiger partial charge on any atom is -0.386 e. The molecule has 0 N–H and O–H groups in total. The summed E-state index contributed by atoms with van der Waals surface area (Å²) in [6.07, 6.45) is 3.66. The molecule has 2 fully saturated rings. The first-order chi connectivity index (χ1) is 26.7. The Morgan fingerprint density at radius 2 is 0.685 bits per heavy atom. The summed E-state index contributed by atoms with van der Waals surface area (Å²) in [5, 5.41) is 0. The molecule has 0 atom stereocenters. The molecule has 0 bridgehead atoms. The van der Waals surface area contributed by atoms with Crippen molar-refractivity contribution < 1.29 is 27.9 Å². The van der Waals surface area contributed by atoms with E-state index in [2.05, 4.69) is 121 Å². The van der Waals surface area contributed by atoms with E-state index in [0.717, 1.165) is 59.1 Å². The maximum atomic E-state index is 7.14. The smallest absolute Gasteiger partial charge is 0.386 e. The van der Waals surface area contributed by atoms with Crippen LogP contribution in [0.4, 0.5) is 0 Å². The van der Waals surface area contributed by atoms with Gasteiger partial charge in [0.1, 0.15) is 16.8 Å². The Hall–Kier alpha value is -4.79. The highest BCUT2D eigenvalue weighted by Gasteiger charge is 2.66. The first-order valence-corrected chi connectivity index (χ1v) is 19.0. The standard InChI is InChI=1S/C46H44B2O6/c1(21-35-49-47-51-37-44(52-47,38-23-9-3-10-24-38)39-25-11-4-12-26-39)2-22-36-50-48-53-45(40-27-13-5-14-28-40,41-29-15-6-16-30-41)46(54-48,42-31-17-7-18-32-42)43-33-19-8-20-34-43/h3-20,23-34H,1-2,21-22,35-37H2. The first-order valence-electron chi connectivity index (χ1n) is 19.0. The Morgan fingerprint density at radius 3 is 1.04 bits per heavy atom. The minimum atomic E-state index is -1.05. The molecule has 2 aliphatic heterocycles. The topological polar surface area (TPSA) is 55.4 Å². The molecular formula is C46H44B2O6. The third-order valence-electron chi connectivity index (χ3n) is 10.5. The predicted octanol–water partition coefficient (Wildman–Crippen LogP) is 9.47. The third kappa shape index (κ3) is 6.98. The van der Waals surface area contributed by atoms with E-state index in [1.54, 1.807) is 0 Å². The molecule has 0 aromatic heterocycles. The van der Waals surface area contributed by atoms with Gasteiger partial charge in [0, 0.05) is 13.2 Å². The summed E-state index contributed by atoms with van der Waals surface area (Å²) in [4.78, 5) is 0. The molecule has 6 aromatic rings. The van der Waals surface area contributed by atoms with Gasteiger partial charge in [-0.3, -0.25) is 0 Å². The van der Waals surface area contributed by atoms with Gasteiger partial charge in [-0.15, -0.1) is 0 Å². The molecule has 2 heterocycles. The molecule has 0 aliphatic carbocycles. The summed E-state index contributed by atoms with van der Waals surface area (Å²) in [6.45, 7) is 1.41. The highest BCUT2D eigenvalue weighted by molar-refractivity contribution is 6.38. The van der Waals surface area contributed by atoms with Gasteiger partial charge >= 0.3 is 14.6 Å². The molecule has 8 heteroatoms. The van der Waals surface area contributed by atoms with Crippen LogP contribution in [-0.2, 0) is 44.7 Å². The fraction of sp³-hybridized carbons (Fsp3) is 0.217. The Morgan fingerprint density at radius 1 is 0.370 bits per heavy atom. The van der Waals surface area contributed by atoms with Crippen LogP contribution in [0.5, 0.6) is 0 Å². The molecular weight excluding hydrogens is 670 g/mol. The lowest BCUT2D eigenvalue weighted by molar-refractivity contribution is 0.00370. The van der Waals surface area contributed by atoms with Crippen LogP contribution in [0.2, 0.25) is 0 Å². The molecule has 270 valence electrons. The average molecular weight is 714 g/mol. The van der Waals surface area contributed by atoms with Gasteiger partial charge in [-0.2, -0.15) is 0 Å². The van der Waals surface area contributed by atoms with Crippen molar-refractivity contribution in [2.75, 3.05) is 19.8 Å². The number of hydrogen-bond acceptors (Lipinski definition) is 6. The summed E-state index contributed by atoms with van der Waals surface area (Å²) in [7, 11) is -1.64. The zero-order chi connectivity index (χ0) is 36.5. The van der Waals surface area contributed by atoms with E-state index >= 15 is 0 Å². The van der Waals surface area contributed by atoms with Gasteiger partial charge in [-0.1, -0.05) is 195 Å². The van der Waals surface area contributed by atoms with Crippen molar-refractivity contribution in [3.05, 3.63) is 215 Å². The molecule has 2 aliphatic rings. The van der Waals surface area contributed by atoms with Crippen molar-refractivity contribution in [1.29, 1.82) is 0 Å². The Labute approximate surface area is 319 Å². The second-order valence-corrected chi connectivity index (χ2v) is 13.8. The summed E-state index contributed by atoms with van der Waals surface area (Å²) in [5.41, 5.74) is 3.22. The molecule has 0 spiro atoms. The lowest BCUT2D eigenvalue weighted by atomic mass is 9.66. The van der Waals surface area contributed by atoms with E-state index in [9.17, 15) is 0 Å². The summed E-state index contributed by atoms with van der Waals surface area (Å²) >= 11 is 0. The van der Waals surface area contributed by atoms with Crippen molar-refractivity contribution in [3.63, 3.8) is 0 Å². The van der Waals surface area contributed by atoms with E-state index < -0.39 is 31.4 Å². The molecule has 8 rings (SSSR count). The fourth-order valence-corrected chi connectivity index (χ4v) is 7.96. The fourth-order valence-electron chi connectivity index (χ4n) is 7.96. The Bertz CT molecular complexity index is 1810. The van der Waals surface area contributed by atoms with E-state index in [4.69, 9.17) is 27.9 Å². The molecule has 0 saturated carbocycles. The predicted molar refractivity (Wildman–Crippen MR) is 212 cm³/mol. The van der Waals surface area contributed by atoms with Gasteiger partial charge in [0.05, 0.1) is 6.61 Å². The minimum absolute atomic E-state index is 0.389. The summed E-state index contributed by atoms with van der Waals surface area (Å²) < 4.78 is 39.4. The van der Waals surface area contributed by atoms with Crippen LogP contribution in [0.25, 0.3) is 0 Å². The molecule has 54 heavy (non-hydrogen) atoms. The van der Waals surface area contributed by atoms with Gasteiger partial charge in [0.2, 0.25) is 0 Å². The van der Waals surface area contributed by atoms with Crippen LogP contribution in [0, 0.1) is 0 Å². The van der Waals surface area contributed by atoms with Crippen LogP contribution in [0.3, 0.4) is 0 Å². The molecule has 0 amide bonds. The first kappa shape index (κ1) is 36.2. The SMILES string of the molecule is c1ccc(C2(c3ccccc3)COB(OCCCCCCOB3OC(c4ccccc4)(c4ccccc4)C(c4ccccc4)(c4ccccc4)O3)O2)cc1. The summed E-state index contributed by atoms with van der Waals surface area (Å²) in [5.74, 6) is 0. The van der Waals surface area contributed by atoms with Crippen molar-refractivity contribution in [2.24, 2.45) is 0 Å². The van der Waals surface area contributed by atoms with Crippen LogP contribution in [-0.4, -0.2) is 34.5 Å². The number of unbranched alkanes of at least 4 members (excludes halogenated alkanes) is 3. The highest BCUT2D eigenvalue weighted by atomic mass is 16.8. The zero-order valence-electron chi connectivity index (χ0n) is 30.4. The summed E-state index contributed by atoms with van der Waals surface area (Å²) in [6, 6.07) is 61.9. The Kier molecular flexibility index (Phi) is 11.2. The van der Waals surface area contributed by atoms with Gasteiger partial charge in [-0.05, 0) is 46.2 Å². The third-order valence-corrected chi connectivity index (χ3v) is 10.5. The lowest BCUT2D eigenvalue weighted by Gasteiger charge is -2.45. The van der Waals surface area contributed by atoms with Crippen molar-refractivity contribution >= 4 is 14.6 Å². The van der Waals surface area contributed by atoms with E-state index in [1.165, 1.54) is 0 Å². The largest absolute Gasteiger partial charge is 0.641 e. The molecule has 6 nitrogen and oxygen atoms in total. The normalized spacial score (nSPS) is 17.1. The molecule has 0 radical (unpaired) electrons. The van der Waals surface area contributed by atoms with E-state index in [1.807, 2.05) is 60.7 Å². The highest BCUT2D eigenvalue weighted by Crippen LogP contribution is 2.58. The number of benzene rings is 6. The monoisotopic (exact) mass is 714 g/mol. The second kappa shape index (κ2) is 16.7. The maximum absolute atomic E-state index is 7.14. The molecule has 0 unspecified atom stereocenters. The van der Waals surface area contributed by atoms with E-state index in [0.29, 0.717) is 19.8 Å².